The fraction of sp³-hybridized carbons (Fsp3) is 0.556. The third-order valence-electron chi connectivity index (χ3n) is 5.32. The van der Waals surface area contributed by atoms with Gasteiger partial charge in [0.05, 0.1) is 0 Å². The second kappa shape index (κ2) is 6.89. The van der Waals surface area contributed by atoms with Crippen LogP contribution in [0.5, 0.6) is 0 Å². The summed E-state index contributed by atoms with van der Waals surface area (Å²) in [6.45, 7) is 2.29. The van der Waals surface area contributed by atoms with Crippen molar-refractivity contribution in [1.29, 1.82) is 0 Å². The average Bonchev–Trinajstić information content (AvgIpc) is 2.94. The molecule has 0 saturated carbocycles. The number of aliphatic carboxylic acids is 1. The Balaban J connectivity index is 1.65. The van der Waals surface area contributed by atoms with Crippen LogP contribution in [0.1, 0.15) is 31.2 Å². The van der Waals surface area contributed by atoms with Crippen molar-refractivity contribution in [1.82, 2.24) is 10.2 Å². The van der Waals surface area contributed by atoms with Gasteiger partial charge in [-0.25, -0.2) is 9.18 Å². The summed E-state index contributed by atoms with van der Waals surface area (Å²) in [6, 6.07) is 5.36. The van der Waals surface area contributed by atoms with Gasteiger partial charge in [-0.2, -0.15) is 0 Å². The number of halogens is 1. The molecule has 130 valence electrons. The maximum Gasteiger partial charge on any atom is 0.326 e. The van der Waals surface area contributed by atoms with Gasteiger partial charge in [0.1, 0.15) is 11.9 Å². The van der Waals surface area contributed by atoms with E-state index < -0.39 is 12.0 Å². The summed E-state index contributed by atoms with van der Waals surface area (Å²) < 4.78 is 12.9. The Morgan fingerprint density at radius 1 is 1.25 bits per heavy atom. The number of amides is 1. The van der Waals surface area contributed by atoms with Gasteiger partial charge in [-0.15, -0.1) is 0 Å². The Morgan fingerprint density at radius 2 is 1.92 bits per heavy atom. The molecule has 3 rings (SSSR count). The number of hydrogen-bond acceptors (Lipinski definition) is 3. The number of carboxylic acids is 1. The number of likely N-dealkylation sites (tertiary alicyclic amines) is 1. The molecular weight excluding hydrogens is 311 g/mol. The second-order valence-electron chi connectivity index (χ2n) is 6.96. The fourth-order valence-electron chi connectivity index (χ4n) is 3.90. The second-order valence-corrected chi connectivity index (χ2v) is 6.96. The Kier molecular flexibility index (Phi) is 4.85. The molecule has 1 spiro atoms. The number of carbonyl (C=O) groups excluding carboxylic acids is 1. The van der Waals surface area contributed by atoms with E-state index in [-0.39, 0.29) is 23.6 Å². The van der Waals surface area contributed by atoms with Gasteiger partial charge in [-0.3, -0.25) is 4.79 Å². The first-order valence-electron chi connectivity index (χ1n) is 8.47. The van der Waals surface area contributed by atoms with Crippen molar-refractivity contribution in [2.75, 3.05) is 19.6 Å². The molecule has 2 aliphatic heterocycles. The summed E-state index contributed by atoms with van der Waals surface area (Å²) in [5.74, 6) is -1.34. The monoisotopic (exact) mass is 334 g/mol. The molecule has 2 aliphatic rings. The molecule has 5 nitrogen and oxygen atoms in total. The Hall–Kier alpha value is -1.95. The minimum Gasteiger partial charge on any atom is -0.480 e. The summed E-state index contributed by atoms with van der Waals surface area (Å²) in [7, 11) is 0. The molecule has 1 atom stereocenters. The molecule has 2 saturated heterocycles. The molecule has 1 amide bonds. The van der Waals surface area contributed by atoms with E-state index >= 15 is 0 Å². The van der Waals surface area contributed by atoms with Crippen LogP contribution in [0.4, 0.5) is 4.39 Å². The number of benzene rings is 1. The molecule has 6 heteroatoms. The van der Waals surface area contributed by atoms with E-state index in [0.717, 1.165) is 31.5 Å². The van der Waals surface area contributed by atoms with Crippen molar-refractivity contribution in [2.45, 2.75) is 38.1 Å². The van der Waals surface area contributed by atoms with E-state index in [1.807, 2.05) is 0 Å². The third kappa shape index (κ3) is 3.59. The smallest absolute Gasteiger partial charge is 0.326 e. The highest BCUT2D eigenvalue weighted by molar-refractivity contribution is 5.84. The number of nitrogens with zero attached hydrogens (tertiary/aromatic N) is 1. The van der Waals surface area contributed by atoms with Crippen molar-refractivity contribution in [3.05, 3.63) is 35.6 Å². The van der Waals surface area contributed by atoms with Crippen molar-refractivity contribution in [3.8, 4) is 0 Å². The van der Waals surface area contributed by atoms with Crippen LogP contribution in [0.2, 0.25) is 0 Å². The summed E-state index contributed by atoms with van der Waals surface area (Å²) in [5, 5.41) is 12.8. The zero-order chi connectivity index (χ0) is 17.2. The van der Waals surface area contributed by atoms with Gasteiger partial charge in [0.2, 0.25) is 5.91 Å². The number of carboxylic acid groups (broad SMARTS) is 1. The zero-order valence-corrected chi connectivity index (χ0v) is 13.6. The van der Waals surface area contributed by atoms with E-state index in [2.05, 4.69) is 5.32 Å². The molecule has 0 aliphatic carbocycles. The van der Waals surface area contributed by atoms with Gasteiger partial charge < -0.3 is 15.3 Å². The average molecular weight is 334 g/mol. The topological polar surface area (TPSA) is 69.6 Å². The van der Waals surface area contributed by atoms with Crippen molar-refractivity contribution < 1.29 is 19.1 Å². The quantitative estimate of drug-likeness (QED) is 0.881. The first kappa shape index (κ1) is 16.9. The molecule has 0 unspecified atom stereocenters. The lowest BCUT2D eigenvalue weighted by Gasteiger charge is -2.33. The maximum absolute atomic E-state index is 12.9. The van der Waals surface area contributed by atoms with Gasteiger partial charge in [0.25, 0.3) is 0 Å². The third-order valence-corrected chi connectivity index (χ3v) is 5.32. The Bertz CT molecular complexity index is 611. The fourth-order valence-corrected chi connectivity index (χ4v) is 3.90. The van der Waals surface area contributed by atoms with Gasteiger partial charge in [-0.05, 0) is 61.9 Å². The Labute approximate surface area is 140 Å². The van der Waals surface area contributed by atoms with Crippen LogP contribution in [-0.4, -0.2) is 47.6 Å². The van der Waals surface area contributed by atoms with Crippen LogP contribution >= 0.6 is 0 Å². The van der Waals surface area contributed by atoms with Gasteiger partial charge in [-0.1, -0.05) is 12.1 Å². The molecule has 0 bridgehead atoms. The minimum atomic E-state index is -0.916. The normalized spacial score (nSPS) is 22.7. The summed E-state index contributed by atoms with van der Waals surface area (Å²) in [5.41, 5.74) is 0.826. The first-order chi connectivity index (χ1) is 11.5. The zero-order valence-electron chi connectivity index (χ0n) is 13.6. The van der Waals surface area contributed by atoms with Crippen molar-refractivity contribution in [2.24, 2.45) is 5.41 Å². The molecule has 0 radical (unpaired) electrons. The van der Waals surface area contributed by atoms with Crippen LogP contribution in [0.3, 0.4) is 0 Å². The molecule has 1 aromatic carbocycles. The minimum absolute atomic E-state index is 0.0557. The number of carbonyl (C=O) groups is 2. The van der Waals surface area contributed by atoms with Crippen LogP contribution in [-0.2, 0) is 16.0 Å². The standard InChI is InChI=1S/C18H23FN2O3/c19-14-4-1-13(2-5-14)3-6-16(22)21-12-18(7-9-20-10-8-18)11-15(21)17(23)24/h1-2,4-5,15,20H,3,6-12H2,(H,23,24)/t15-/m0/s1. The van der Waals surface area contributed by atoms with E-state index in [9.17, 15) is 19.1 Å². The SMILES string of the molecule is O=C(O)[C@@H]1CC2(CCNCC2)CN1C(=O)CCc1ccc(F)cc1. The van der Waals surface area contributed by atoms with Gasteiger partial charge in [0, 0.05) is 13.0 Å². The molecule has 2 fully saturated rings. The molecular formula is C18H23FN2O3. The molecule has 2 heterocycles. The number of hydrogen-bond donors (Lipinski definition) is 2. The maximum atomic E-state index is 12.9. The van der Waals surface area contributed by atoms with Crippen molar-refractivity contribution in [3.63, 3.8) is 0 Å². The number of nitrogens with one attached hydrogen (secondary N) is 1. The summed E-state index contributed by atoms with van der Waals surface area (Å²) in [6.07, 6.45) is 3.13. The first-order valence-corrected chi connectivity index (χ1v) is 8.47. The summed E-state index contributed by atoms with van der Waals surface area (Å²) >= 11 is 0. The Morgan fingerprint density at radius 3 is 2.54 bits per heavy atom. The van der Waals surface area contributed by atoms with E-state index in [0.29, 0.717) is 19.4 Å². The predicted molar refractivity (Wildman–Crippen MR) is 87.0 cm³/mol. The lowest BCUT2D eigenvalue weighted by atomic mass is 9.77. The van der Waals surface area contributed by atoms with Crippen LogP contribution in [0.25, 0.3) is 0 Å². The largest absolute Gasteiger partial charge is 0.480 e. The van der Waals surface area contributed by atoms with E-state index in [1.165, 1.54) is 12.1 Å². The van der Waals surface area contributed by atoms with Gasteiger partial charge >= 0.3 is 5.97 Å². The van der Waals surface area contributed by atoms with E-state index in [4.69, 9.17) is 0 Å². The molecule has 24 heavy (non-hydrogen) atoms. The van der Waals surface area contributed by atoms with Crippen LogP contribution < -0.4 is 5.32 Å². The molecule has 0 aromatic heterocycles. The van der Waals surface area contributed by atoms with Gasteiger partial charge in [0.15, 0.2) is 0 Å². The van der Waals surface area contributed by atoms with E-state index in [1.54, 1.807) is 17.0 Å². The lowest BCUT2D eigenvalue weighted by Crippen LogP contribution is -2.42. The highest BCUT2D eigenvalue weighted by Crippen LogP contribution is 2.42. The predicted octanol–water partition coefficient (Wildman–Crippen LogP) is 1.81. The van der Waals surface area contributed by atoms with Crippen LogP contribution in [0.15, 0.2) is 24.3 Å². The highest BCUT2D eigenvalue weighted by atomic mass is 19.1. The number of rotatable bonds is 4. The number of aryl methyl sites for hydroxylation is 1. The summed E-state index contributed by atoms with van der Waals surface area (Å²) in [4.78, 5) is 25.8. The molecule has 2 N–H and O–H groups in total. The van der Waals surface area contributed by atoms with Crippen LogP contribution in [0, 0.1) is 11.2 Å². The highest BCUT2D eigenvalue weighted by Gasteiger charge is 2.48. The lowest BCUT2D eigenvalue weighted by molar-refractivity contribution is -0.148. The molecule has 1 aromatic rings. The van der Waals surface area contributed by atoms with Crippen molar-refractivity contribution >= 4 is 11.9 Å². The number of piperidine rings is 1.